The molecule has 2 N–H and O–H groups in total. The molecule has 0 atom stereocenters. The van der Waals surface area contributed by atoms with Gasteiger partial charge in [-0.05, 0) is 61.7 Å². The molecular formula is C22H20ClN3O2. The van der Waals surface area contributed by atoms with Gasteiger partial charge in [-0.25, -0.2) is 0 Å². The number of rotatable bonds is 5. The highest BCUT2D eigenvalue weighted by molar-refractivity contribution is 6.31. The molecule has 1 aliphatic rings. The van der Waals surface area contributed by atoms with Gasteiger partial charge in [0.2, 0.25) is 5.91 Å². The fraction of sp³-hybridized carbons (Fsp3) is 0.227. The number of aromatic nitrogens is 1. The van der Waals surface area contributed by atoms with Crippen molar-refractivity contribution in [2.24, 2.45) is 0 Å². The lowest BCUT2D eigenvalue weighted by molar-refractivity contribution is -0.120. The summed E-state index contributed by atoms with van der Waals surface area (Å²) in [5.74, 6) is -0.188. The number of benzene rings is 2. The van der Waals surface area contributed by atoms with E-state index in [1.54, 1.807) is 30.3 Å². The van der Waals surface area contributed by atoms with E-state index < -0.39 is 0 Å². The second-order valence-electron chi connectivity index (χ2n) is 7.14. The molecule has 0 bridgehead atoms. The first kappa shape index (κ1) is 18.4. The molecule has 1 saturated carbocycles. The second-order valence-corrected chi connectivity index (χ2v) is 7.58. The van der Waals surface area contributed by atoms with Crippen molar-refractivity contribution in [3.05, 3.63) is 70.4 Å². The molecule has 28 heavy (non-hydrogen) atoms. The van der Waals surface area contributed by atoms with Crippen LogP contribution in [0.3, 0.4) is 0 Å². The van der Waals surface area contributed by atoms with Gasteiger partial charge < -0.3 is 10.6 Å². The van der Waals surface area contributed by atoms with E-state index in [1.807, 2.05) is 25.1 Å². The maximum absolute atomic E-state index is 12.8. The van der Waals surface area contributed by atoms with Crippen LogP contribution in [0.25, 0.3) is 10.9 Å². The molecule has 5 nitrogen and oxygen atoms in total. The van der Waals surface area contributed by atoms with E-state index in [2.05, 4.69) is 15.6 Å². The van der Waals surface area contributed by atoms with Crippen LogP contribution in [-0.4, -0.2) is 22.8 Å². The van der Waals surface area contributed by atoms with Gasteiger partial charge in [0.25, 0.3) is 5.91 Å². The second kappa shape index (κ2) is 7.60. The van der Waals surface area contributed by atoms with Crippen LogP contribution in [-0.2, 0) is 11.2 Å². The molecule has 0 unspecified atom stereocenters. The number of nitrogens with one attached hydrogen (secondary N) is 2. The van der Waals surface area contributed by atoms with E-state index in [0.29, 0.717) is 34.1 Å². The Hall–Kier alpha value is -2.92. The Morgan fingerprint density at radius 3 is 2.57 bits per heavy atom. The van der Waals surface area contributed by atoms with E-state index >= 15 is 0 Å². The number of pyridine rings is 1. The standard InChI is InChI=1S/C22H20ClN3O2/c1-13-10-19(18-12-15(23)4-9-20(18)24-13)22(28)26-17-5-2-14(3-6-17)11-21(27)25-16-7-8-16/h2-6,9-10,12,16H,7-8,11H2,1H3,(H,25,27)(H,26,28). The molecule has 0 spiro atoms. The van der Waals surface area contributed by atoms with Gasteiger partial charge in [0.15, 0.2) is 0 Å². The molecule has 2 amide bonds. The molecule has 0 saturated heterocycles. The zero-order valence-electron chi connectivity index (χ0n) is 15.5. The lowest BCUT2D eigenvalue weighted by Gasteiger charge is -2.10. The fourth-order valence-electron chi connectivity index (χ4n) is 3.11. The number of aryl methyl sites for hydroxylation is 1. The van der Waals surface area contributed by atoms with Crippen LogP contribution in [0.2, 0.25) is 5.02 Å². The molecule has 4 rings (SSSR count). The molecule has 1 aromatic heterocycles. The van der Waals surface area contributed by atoms with Crippen molar-refractivity contribution in [2.45, 2.75) is 32.2 Å². The van der Waals surface area contributed by atoms with Gasteiger partial charge in [-0.3, -0.25) is 14.6 Å². The Morgan fingerprint density at radius 1 is 1.11 bits per heavy atom. The predicted molar refractivity (Wildman–Crippen MR) is 111 cm³/mol. The van der Waals surface area contributed by atoms with Gasteiger partial charge in [-0.2, -0.15) is 0 Å². The molecular weight excluding hydrogens is 374 g/mol. The quantitative estimate of drug-likeness (QED) is 0.680. The number of fused-ring (bicyclic) bond motifs is 1. The van der Waals surface area contributed by atoms with Crippen LogP contribution in [0.15, 0.2) is 48.5 Å². The molecule has 2 aromatic carbocycles. The van der Waals surface area contributed by atoms with Crippen molar-refractivity contribution in [3.8, 4) is 0 Å². The molecule has 1 heterocycles. The van der Waals surface area contributed by atoms with Gasteiger partial charge >= 0.3 is 0 Å². The Labute approximate surface area is 168 Å². The van der Waals surface area contributed by atoms with Crippen LogP contribution >= 0.6 is 11.6 Å². The number of nitrogens with zero attached hydrogens (tertiary/aromatic N) is 1. The van der Waals surface area contributed by atoms with Gasteiger partial charge in [0, 0.05) is 27.8 Å². The minimum atomic E-state index is -0.225. The Bertz CT molecular complexity index is 1060. The van der Waals surface area contributed by atoms with E-state index in [-0.39, 0.29) is 11.8 Å². The zero-order valence-corrected chi connectivity index (χ0v) is 16.2. The number of anilines is 1. The summed E-state index contributed by atoms with van der Waals surface area (Å²) in [6, 6.07) is 14.8. The normalized spacial score (nSPS) is 13.4. The molecule has 1 aliphatic carbocycles. The summed E-state index contributed by atoms with van der Waals surface area (Å²) in [6.07, 6.45) is 2.49. The zero-order chi connectivity index (χ0) is 19.7. The third kappa shape index (κ3) is 4.31. The minimum absolute atomic E-state index is 0.0369. The number of hydrogen-bond acceptors (Lipinski definition) is 3. The average Bonchev–Trinajstić information content (AvgIpc) is 3.47. The molecule has 6 heteroatoms. The maximum atomic E-state index is 12.8. The van der Waals surface area contributed by atoms with Gasteiger partial charge in [-0.1, -0.05) is 23.7 Å². The van der Waals surface area contributed by atoms with Crippen molar-refractivity contribution in [1.82, 2.24) is 10.3 Å². The molecule has 0 radical (unpaired) electrons. The van der Waals surface area contributed by atoms with Crippen LogP contribution in [0.5, 0.6) is 0 Å². The molecule has 142 valence electrons. The number of carbonyl (C=O) groups excluding carboxylic acids is 2. The van der Waals surface area contributed by atoms with Crippen LogP contribution in [0.4, 0.5) is 5.69 Å². The van der Waals surface area contributed by atoms with Crippen molar-refractivity contribution < 1.29 is 9.59 Å². The Kier molecular flexibility index (Phi) is 5.01. The topological polar surface area (TPSA) is 71.1 Å². The smallest absolute Gasteiger partial charge is 0.256 e. The first-order valence-electron chi connectivity index (χ1n) is 9.24. The van der Waals surface area contributed by atoms with Gasteiger partial charge in [-0.15, -0.1) is 0 Å². The summed E-state index contributed by atoms with van der Waals surface area (Å²) >= 11 is 6.10. The Morgan fingerprint density at radius 2 is 1.86 bits per heavy atom. The van der Waals surface area contributed by atoms with Crippen molar-refractivity contribution in [2.75, 3.05) is 5.32 Å². The molecule has 0 aliphatic heterocycles. The highest BCUT2D eigenvalue weighted by Crippen LogP contribution is 2.24. The average molecular weight is 394 g/mol. The third-order valence-corrected chi connectivity index (χ3v) is 4.90. The van der Waals surface area contributed by atoms with Gasteiger partial charge in [0.1, 0.15) is 0 Å². The first-order chi connectivity index (χ1) is 13.5. The van der Waals surface area contributed by atoms with Gasteiger partial charge in [0.05, 0.1) is 17.5 Å². The van der Waals surface area contributed by atoms with Crippen LogP contribution in [0.1, 0.15) is 34.5 Å². The van der Waals surface area contributed by atoms with Crippen LogP contribution in [0, 0.1) is 6.92 Å². The van der Waals surface area contributed by atoms with E-state index in [4.69, 9.17) is 11.6 Å². The maximum Gasteiger partial charge on any atom is 0.256 e. The summed E-state index contributed by atoms with van der Waals surface area (Å²) in [5, 5.41) is 7.15. The highest BCUT2D eigenvalue weighted by Gasteiger charge is 2.23. The highest BCUT2D eigenvalue weighted by atomic mass is 35.5. The lowest BCUT2D eigenvalue weighted by Crippen LogP contribution is -2.26. The molecule has 3 aromatic rings. The first-order valence-corrected chi connectivity index (χ1v) is 9.62. The van der Waals surface area contributed by atoms with E-state index in [9.17, 15) is 9.59 Å². The summed E-state index contributed by atoms with van der Waals surface area (Å²) in [6.45, 7) is 1.85. The predicted octanol–water partition coefficient (Wildman–Crippen LogP) is 4.27. The van der Waals surface area contributed by atoms with E-state index in [1.165, 1.54) is 0 Å². The number of amides is 2. The van der Waals surface area contributed by atoms with Crippen molar-refractivity contribution >= 4 is 40.0 Å². The summed E-state index contributed by atoms with van der Waals surface area (Å²) in [4.78, 5) is 29.2. The summed E-state index contributed by atoms with van der Waals surface area (Å²) in [7, 11) is 0. The minimum Gasteiger partial charge on any atom is -0.353 e. The number of hydrogen-bond donors (Lipinski definition) is 2. The van der Waals surface area contributed by atoms with E-state index in [0.717, 1.165) is 29.6 Å². The largest absolute Gasteiger partial charge is 0.353 e. The number of halogens is 1. The van der Waals surface area contributed by atoms with Crippen molar-refractivity contribution in [3.63, 3.8) is 0 Å². The van der Waals surface area contributed by atoms with Crippen molar-refractivity contribution in [1.29, 1.82) is 0 Å². The SMILES string of the molecule is Cc1cc(C(=O)Nc2ccc(CC(=O)NC3CC3)cc2)c2cc(Cl)ccc2n1. The monoisotopic (exact) mass is 393 g/mol. The van der Waals surface area contributed by atoms with Crippen LogP contribution < -0.4 is 10.6 Å². The third-order valence-electron chi connectivity index (χ3n) is 4.66. The lowest BCUT2D eigenvalue weighted by atomic mass is 10.1. The molecule has 1 fully saturated rings. The fourth-order valence-corrected chi connectivity index (χ4v) is 3.29. The Balaban J connectivity index is 1.49. The summed E-state index contributed by atoms with van der Waals surface area (Å²) < 4.78 is 0. The summed E-state index contributed by atoms with van der Waals surface area (Å²) in [5.41, 5.74) is 3.59. The number of carbonyl (C=O) groups is 2.